The number of ether oxygens (including phenoxy) is 1. The quantitative estimate of drug-likeness (QED) is 0.731. The van der Waals surface area contributed by atoms with Crippen molar-refractivity contribution in [3.05, 3.63) is 69.4 Å². The molecule has 0 aromatic carbocycles. The summed E-state index contributed by atoms with van der Waals surface area (Å²) in [4.78, 5) is 18.9. The van der Waals surface area contributed by atoms with E-state index in [0.717, 1.165) is 39.7 Å². The molecule has 0 saturated heterocycles. The zero-order valence-electron chi connectivity index (χ0n) is 19.8. The Morgan fingerprint density at radius 1 is 1.27 bits per heavy atom. The van der Waals surface area contributed by atoms with E-state index in [-0.39, 0.29) is 5.69 Å². The van der Waals surface area contributed by atoms with Crippen LogP contribution in [-0.4, -0.2) is 35.1 Å². The number of imidazole rings is 1. The maximum atomic E-state index is 11.7. The van der Waals surface area contributed by atoms with Gasteiger partial charge in [-0.1, -0.05) is 51.6 Å². The summed E-state index contributed by atoms with van der Waals surface area (Å²) in [6.07, 6.45) is 7.87. The summed E-state index contributed by atoms with van der Waals surface area (Å²) in [6.45, 7) is 15.6. The molecule has 0 saturated carbocycles. The first kappa shape index (κ1) is 27.1. The van der Waals surface area contributed by atoms with Crippen molar-refractivity contribution in [3.63, 3.8) is 0 Å². The number of nitrogens with one attached hydrogen (secondary N) is 1. The Morgan fingerprint density at radius 3 is 2.37 bits per heavy atom. The zero-order chi connectivity index (χ0) is 23.3. The zero-order valence-corrected chi connectivity index (χ0v) is 19.8. The summed E-state index contributed by atoms with van der Waals surface area (Å²) < 4.78 is 11.1. The predicted molar refractivity (Wildman–Crippen MR) is 125 cm³/mol. The minimum Gasteiger partial charge on any atom is -0.388 e. The van der Waals surface area contributed by atoms with Crippen molar-refractivity contribution in [1.82, 2.24) is 14.7 Å². The van der Waals surface area contributed by atoms with E-state index in [4.69, 9.17) is 4.52 Å². The van der Waals surface area contributed by atoms with Gasteiger partial charge in [0.25, 0.3) is 0 Å². The summed E-state index contributed by atoms with van der Waals surface area (Å²) in [6, 6.07) is 0. The lowest BCUT2D eigenvalue weighted by molar-refractivity contribution is 0.277. The van der Waals surface area contributed by atoms with Gasteiger partial charge in [-0.15, -0.1) is 0 Å². The lowest BCUT2D eigenvalue weighted by Crippen LogP contribution is -2.14. The largest absolute Gasteiger partial charge is 0.388 e. The third-order valence-corrected chi connectivity index (χ3v) is 3.91. The highest BCUT2D eigenvalue weighted by Gasteiger charge is 2.17. The smallest absolute Gasteiger partial charge is 0.325 e. The van der Waals surface area contributed by atoms with Crippen LogP contribution in [0.4, 0.5) is 0 Å². The number of nitrogens with zero attached hydrogens (tertiary/aromatic N) is 3. The molecule has 2 aromatic rings. The van der Waals surface area contributed by atoms with Crippen molar-refractivity contribution >= 4 is 11.8 Å². The maximum absolute atomic E-state index is 11.7. The molecule has 0 radical (unpaired) electrons. The number of methoxy groups -OCH3 is 1. The second-order valence-corrected chi connectivity index (χ2v) is 5.89. The van der Waals surface area contributed by atoms with E-state index in [1.807, 2.05) is 53.7 Å². The molecule has 0 atom stereocenters. The molecular weight excluding hydrogens is 380 g/mol. The average molecular weight is 417 g/mol. The normalized spacial score (nSPS) is 13.2. The second kappa shape index (κ2) is 14.1. The molecule has 0 bridgehead atoms. The van der Waals surface area contributed by atoms with E-state index in [0.29, 0.717) is 6.42 Å². The van der Waals surface area contributed by atoms with Gasteiger partial charge in [-0.3, -0.25) is 9.56 Å². The molecular formula is C23H36N4O3. The van der Waals surface area contributed by atoms with Crippen LogP contribution in [-0.2, 0) is 18.2 Å². The molecule has 0 unspecified atom stereocenters. The average Bonchev–Trinajstić information content (AvgIpc) is 3.23. The fourth-order valence-electron chi connectivity index (χ4n) is 2.75. The highest BCUT2D eigenvalue weighted by atomic mass is 16.5. The van der Waals surface area contributed by atoms with Crippen molar-refractivity contribution in [2.24, 2.45) is 12.0 Å². The highest BCUT2D eigenvalue weighted by molar-refractivity contribution is 5.83. The maximum Gasteiger partial charge on any atom is 0.325 e. The Bertz CT molecular complexity index is 921. The van der Waals surface area contributed by atoms with E-state index in [1.54, 1.807) is 38.1 Å². The highest BCUT2D eigenvalue weighted by Crippen LogP contribution is 2.27. The summed E-state index contributed by atoms with van der Waals surface area (Å²) in [5.74, 6) is 0.752. The molecule has 0 fully saturated rings. The molecule has 3 heterocycles. The Labute approximate surface area is 179 Å². The minimum absolute atomic E-state index is 0.129. The molecule has 1 aliphatic rings. The summed E-state index contributed by atoms with van der Waals surface area (Å²) in [7, 11) is 5.00. The molecule has 0 amide bonds. The Balaban J connectivity index is 0.00000108. The van der Waals surface area contributed by atoms with E-state index < -0.39 is 0 Å². The Hall–Kier alpha value is -2.93. The van der Waals surface area contributed by atoms with Crippen LogP contribution in [0.25, 0.3) is 5.57 Å². The van der Waals surface area contributed by atoms with Gasteiger partial charge in [-0.2, -0.15) is 0 Å². The summed E-state index contributed by atoms with van der Waals surface area (Å²) in [5, 5.41) is 4.00. The number of hydrogen-bond acceptors (Lipinski definition) is 5. The second-order valence-electron chi connectivity index (χ2n) is 5.89. The van der Waals surface area contributed by atoms with E-state index in [1.165, 1.54) is 0 Å². The van der Waals surface area contributed by atoms with Crippen LogP contribution in [0.3, 0.4) is 0 Å². The van der Waals surface area contributed by atoms with Crippen molar-refractivity contribution in [1.29, 1.82) is 0 Å². The molecule has 30 heavy (non-hydrogen) atoms. The van der Waals surface area contributed by atoms with Gasteiger partial charge in [-0.25, -0.2) is 4.79 Å². The van der Waals surface area contributed by atoms with Gasteiger partial charge in [0, 0.05) is 38.9 Å². The molecule has 2 aromatic heterocycles. The number of H-pyrrole nitrogens is 1. The van der Waals surface area contributed by atoms with Crippen LogP contribution in [0, 0.1) is 13.8 Å². The Kier molecular flexibility index (Phi) is 12.7. The van der Waals surface area contributed by atoms with Crippen molar-refractivity contribution in [2.45, 2.75) is 48.0 Å². The number of aryl methyl sites for hydroxylation is 2. The molecule has 166 valence electrons. The first-order valence-corrected chi connectivity index (χ1v) is 10.1. The van der Waals surface area contributed by atoms with Gasteiger partial charge in [0.05, 0.1) is 23.3 Å². The minimum atomic E-state index is -0.129. The van der Waals surface area contributed by atoms with Crippen molar-refractivity contribution in [3.8, 4) is 0 Å². The predicted octanol–water partition coefficient (Wildman–Crippen LogP) is 4.76. The molecule has 7 nitrogen and oxygen atoms in total. The van der Waals surface area contributed by atoms with Gasteiger partial charge in [-0.05, 0) is 25.5 Å². The van der Waals surface area contributed by atoms with Gasteiger partial charge >= 0.3 is 5.69 Å². The number of hydrogen-bond donors (Lipinski definition) is 1. The first-order valence-electron chi connectivity index (χ1n) is 10.1. The first-order chi connectivity index (χ1) is 14.4. The number of allylic oxidation sites excluding steroid dienone is 5. The monoisotopic (exact) mass is 416 g/mol. The van der Waals surface area contributed by atoms with Gasteiger partial charge < -0.3 is 14.2 Å². The topological polar surface area (TPSA) is 85.4 Å². The third kappa shape index (κ3) is 6.84. The molecule has 1 aliphatic heterocycles. The number of aromatic nitrogens is 3. The van der Waals surface area contributed by atoms with E-state index in [2.05, 4.69) is 26.4 Å². The summed E-state index contributed by atoms with van der Waals surface area (Å²) >= 11 is 0. The molecule has 0 spiro atoms. The van der Waals surface area contributed by atoms with Crippen LogP contribution in [0.2, 0.25) is 0 Å². The van der Waals surface area contributed by atoms with Crippen molar-refractivity contribution < 1.29 is 9.26 Å². The van der Waals surface area contributed by atoms with Crippen LogP contribution in [0.15, 0.2) is 44.8 Å². The number of fused-ring (bicyclic) bond motifs is 1. The van der Waals surface area contributed by atoms with Crippen LogP contribution < -0.4 is 5.69 Å². The number of aliphatic imine (C=N–C) groups is 1. The fraction of sp³-hybridized carbons (Fsp3) is 0.435. The van der Waals surface area contributed by atoms with Crippen molar-refractivity contribution in [2.75, 3.05) is 14.2 Å². The summed E-state index contributed by atoms with van der Waals surface area (Å²) in [5.41, 5.74) is 5.13. The third-order valence-electron chi connectivity index (χ3n) is 3.91. The van der Waals surface area contributed by atoms with Crippen LogP contribution in [0.1, 0.15) is 56.1 Å². The van der Waals surface area contributed by atoms with Crippen LogP contribution >= 0.6 is 0 Å². The standard InChI is InChI=1S/C17H18N4O2.C2H6O.2C2H6/c1-5-6-12(16-10(2)20-23-11(16)3)7-13-8-15-14(9-18-13)19-17(22)21(15)4;1-3-2;2*1-2/h5-7,9H,1,8H2,2-4H3,(H,19,22);1-2H3;2*1-2H3/b12-6+,13-7+;;;. The van der Waals surface area contributed by atoms with E-state index in [9.17, 15) is 4.79 Å². The molecule has 1 N–H and O–H groups in total. The number of aromatic amines is 1. The molecule has 3 rings (SSSR count). The lowest BCUT2D eigenvalue weighted by Gasteiger charge is -2.10. The van der Waals surface area contributed by atoms with Gasteiger partial charge in [0.1, 0.15) is 5.76 Å². The molecule has 7 heteroatoms. The Morgan fingerprint density at radius 2 is 1.87 bits per heavy atom. The fourth-order valence-corrected chi connectivity index (χ4v) is 2.75. The van der Waals surface area contributed by atoms with E-state index >= 15 is 0 Å². The van der Waals surface area contributed by atoms with Gasteiger partial charge in [0.2, 0.25) is 0 Å². The van der Waals surface area contributed by atoms with Crippen LogP contribution in [0.5, 0.6) is 0 Å². The number of rotatable bonds is 3. The van der Waals surface area contributed by atoms with Gasteiger partial charge in [0.15, 0.2) is 0 Å². The SMILES string of the molecule is C=C/C=C(\C=C1/Cc2c([nH]c(=O)n2C)C=N1)c1c(C)noc1C.CC.CC.COC. The lowest BCUT2D eigenvalue weighted by atomic mass is 10.0. The molecule has 0 aliphatic carbocycles.